The molecule has 1 N–H and O–H groups in total. The summed E-state index contributed by atoms with van der Waals surface area (Å²) in [6.45, 7) is 7.28. The van der Waals surface area contributed by atoms with Crippen LogP contribution in [0.5, 0.6) is 0 Å². The Hall–Kier alpha value is -0.0800. The number of rotatable bonds is 5. The van der Waals surface area contributed by atoms with Crippen molar-refractivity contribution in [2.45, 2.75) is 83.3 Å². The van der Waals surface area contributed by atoms with Crippen LogP contribution in [0.25, 0.3) is 0 Å². The van der Waals surface area contributed by atoms with Gasteiger partial charge in [-0.25, -0.2) is 0 Å². The molecule has 0 amide bonds. The van der Waals surface area contributed by atoms with E-state index in [-0.39, 0.29) is 0 Å². The third-order valence-electron chi connectivity index (χ3n) is 4.77. The lowest BCUT2D eigenvalue weighted by Crippen LogP contribution is -2.49. The molecule has 2 heteroatoms. The Labute approximate surface area is 107 Å². The zero-order valence-electron chi connectivity index (χ0n) is 11.8. The molecule has 2 unspecified atom stereocenters. The molecule has 17 heavy (non-hydrogen) atoms. The van der Waals surface area contributed by atoms with Crippen LogP contribution in [0.1, 0.15) is 65.2 Å². The van der Waals surface area contributed by atoms with E-state index in [2.05, 4.69) is 24.1 Å². The van der Waals surface area contributed by atoms with Crippen molar-refractivity contribution in [2.75, 3.05) is 13.1 Å². The third-order valence-corrected chi connectivity index (χ3v) is 4.77. The highest BCUT2D eigenvalue weighted by molar-refractivity contribution is 4.83. The summed E-state index contributed by atoms with van der Waals surface area (Å²) < 4.78 is 0. The van der Waals surface area contributed by atoms with E-state index in [1.54, 1.807) is 0 Å². The van der Waals surface area contributed by atoms with E-state index in [0.717, 1.165) is 18.1 Å². The molecule has 0 radical (unpaired) electrons. The predicted octanol–water partition coefficient (Wildman–Crippen LogP) is 3.17. The minimum atomic E-state index is 0.723. The number of piperidine rings is 1. The number of nitrogens with zero attached hydrogens (tertiary/aromatic N) is 1. The summed E-state index contributed by atoms with van der Waals surface area (Å²) in [4.78, 5) is 2.76. The first-order valence-electron chi connectivity index (χ1n) is 7.80. The second-order valence-corrected chi connectivity index (χ2v) is 6.03. The van der Waals surface area contributed by atoms with Gasteiger partial charge in [-0.1, -0.05) is 26.2 Å². The van der Waals surface area contributed by atoms with Crippen molar-refractivity contribution in [1.29, 1.82) is 0 Å². The quantitative estimate of drug-likeness (QED) is 0.791. The number of likely N-dealkylation sites (tertiary alicyclic amines) is 1. The molecule has 1 aliphatic heterocycles. The van der Waals surface area contributed by atoms with E-state index in [1.165, 1.54) is 64.5 Å². The van der Waals surface area contributed by atoms with E-state index in [0.29, 0.717) is 0 Å². The van der Waals surface area contributed by atoms with Crippen molar-refractivity contribution in [3.8, 4) is 0 Å². The van der Waals surface area contributed by atoms with Gasteiger partial charge >= 0.3 is 0 Å². The molecule has 1 heterocycles. The van der Waals surface area contributed by atoms with Crippen LogP contribution in [-0.4, -0.2) is 36.1 Å². The maximum atomic E-state index is 3.78. The SMILES string of the molecule is CCC1CCCCN1C(C)CNC1CCCC1. The van der Waals surface area contributed by atoms with E-state index in [4.69, 9.17) is 0 Å². The molecule has 0 aromatic rings. The minimum Gasteiger partial charge on any atom is -0.312 e. The van der Waals surface area contributed by atoms with Gasteiger partial charge in [0.2, 0.25) is 0 Å². The van der Waals surface area contributed by atoms with Gasteiger partial charge in [-0.3, -0.25) is 4.90 Å². The molecule has 1 aliphatic carbocycles. The summed E-state index contributed by atoms with van der Waals surface area (Å²) in [5, 5.41) is 3.78. The summed E-state index contributed by atoms with van der Waals surface area (Å²) >= 11 is 0. The second kappa shape index (κ2) is 6.75. The molecule has 2 rings (SSSR count). The Morgan fingerprint density at radius 3 is 2.53 bits per heavy atom. The largest absolute Gasteiger partial charge is 0.312 e. The first-order valence-corrected chi connectivity index (χ1v) is 7.80. The Bertz CT molecular complexity index is 211. The normalized spacial score (nSPS) is 29.6. The molecule has 1 saturated carbocycles. The monoisotopic (exact) mass is 238 g/mol. The molecule has 0 aromatic heterocycles. The van der Waals surface area contributed by atoms with Crippen LogP contribution < -0.4 is 5.32 Å². The fraction of sp³-hybridized carbons (Fsp3) is 1.00. The molecule has 100 valence electrons. The summed E-state index contributed by atoms with van der Waals surface area (Å²) in [6, 6.07) is 2.40. The van der Waals surface area contributed by atoms with Gasteiger partial charge in [0.05, 0.1) is 0 Å². The highest BCUT2D eigenvalue weighted by Gasteiger charge is 2.25. The van der Waals surface area contributed by atoms with Gasteiger partial charge in [-0.15, -0.1) is 0 Å². The van der Waals surface area contributed by atoms with Crippen molar-refractivity contribution in [3.63, 3.8) is 0 Å². The molecular weight excluding hydrogens is 208 g/mol. The standard InChI is InChI=1S/C15H30N2/c1-3-15-10-6-7-11-17(15)13(2)12-16-14-8-4-5-9-14/h13-16H,3-12H2,1-2H3. The lowest BCUT2D eigenvalue weighted by molar-refractivity contribution is 0.0977. The Kier molecular flexibility index (Phi) is 5.30. The topological polar surface area (TPSA) is 15.3 Å². The average molecular weight is 238 g/mol. The summed E-state index contributed by atoms with van der Waals surface area (Å²) in [5.41, 5.74) is 0. The van der Waals surface area contributed by atoms with E-state index in [9.17, 15) is 0 Å². The summed E-state index contributed by atoms with van der Waals surface area (Å²) in [6.07, 6.45) is 11.3. The van der Waals surface area contributed by atoms with Crippen molar-refractivity contribution in [3.05, 3.63) is 0 Å². The zero-order valence-corrected chi connectivity index (χ0v) is 11.8. The van der Waals surface area contributed by atoms with Crippen LogP contribution in [0.15, 0.2) is 0 Å². The minimum absolute atomic E-state index is 0.723. The molecule has 0 spiro atoms. The van der Waals surface area contributed by atoms with Crippen LogP contribution >= 0.6 is 0 Å². The molecule has 1 saturated heterocycles. The lowest BCUT2D eigenvalue weighted by atomic mass is 9.98. The van der Waals surface area contributed by atoms with Gasteiger partial charge in [0.15, 0.2) is 0 Å². The fourth-order valence-electron chi connectivity index (χ4n) is 3.63. The summed E-state index contributed by atoms with van der Waals surface area (Å²) in [5.74, 6) is 0. The molecule has 0 aromatic carbocycles. The van der Waals surface area contributed by atoms with Crippen LogP contribution in [0, 0.1) is 0 Å². The van der Waals surface area contributed by atoms with Gasteiger partial charge < -0.3 is 5.32 Å². The smallest absolute Gasteiger partial charge is 0.0195 e. The third kappa shape index (κ3) is 3.69. The van der Waals surface area contributed by atoms with Crippen LogP contribution in [-0.2, 0) is 0 Å². The summed E-state index contributed by atoms with van der Waals surface area (Å²) in [7, 11) is 0. The van der Waals surface area contributed by atoms with E-state index < -0.39 is 0 Å². The maximum Gasteiger partial charge on any atom is 0.0195 e. The second-order valence-electron chi connectivity index (χ2n) is 6.03. The highest BCUT2D eigenvalue weighted by Crippen LogP contribution is 2.22. The van der Waals surface area contributed by atoms with Gasteiger partial charge in [-0.2, -0.15) is 0 Å². The van der Waals surface area contributed by atoms with Gasteiger partial charge in [0, 0.05) is 24.7 Å². The van der Waals surface area contributed by atoms with Gasteiger partial charge in [0.1, 0.15) is 0 Å². The first-order chi connectivity index (χ1) is 8.31. The zero-order chi connectivity index (χ0) is 12.1. The number of hydrogen-bond acceptors (Lipinski definition) is 2. The van der Waals surface area contributed by atoms with Crippen LogP contribution in [0.3, 0.4) is 0 Å². The number of nitrogens with one attached hydrogen (secondary N) is 1. The fourth-order valence-corrected chi connectivity index (χ4v) is 3.63. The molecule has 0 bridgehead atoms. The molecule has 2 nitrogen and oxygen atoms in total. The maximum absolute atomic E-state index is 3.78. The van der Waals surface area contributed by atoms with Gasteiger partial charge in [-0.05, 0) is 45.6 Å². The Morgan fingerprint density at radius 1 is 1.12 bits per heavy atom. The average Bonchev–Trinajstić information content (AvgIpc) is 2.89. The van der Waals surface area contributed by atoms with Crippen molar-refractivity contribution in [1.82, 2.24) is 10.2 Å². The molecule has 2 aliphatic rings. The Morgan fingerprint density at radius 2 is 1.82 bits per heavy atom. The molecule has 2 fully saturated rings. The van der Waals surface area contributed by atoms with Crippen molar-refractivity contribution < 1.29 is 0 Å². The Balaban J connectivity index is 1.74. The number of hydrogen-bond donors (Lipinski definition) is 1. The van der Waals surface area contributed by atoms with Crippen LogP contribution in [0.4, 0.5) is 0 Å². The van der Waals surface area contributed by atoms with Gasteiger partial charge in [0.25, 0.3) is 0 Å². The van der Waals surface area contributed by atoms with Crippen LogP contribution in [0.2, 0.25) is 0 Å². The molecular formula is C15H30N2. The first kappa shape index (κ1) is 13.4. The lowest BCUT2D eigenvalue weighted by Gasteiger charge is -2.40. The van der Waals surface area contributed by atoms with E-state index >= 15 is 0 Å². The molecule has 2 atom stereocenters. The van der Waals surface area contributed by atoms with Crippen molar-refractivity contribution >= 4 is 0 Å². The predicted molar refractivity (Wildman–Crippen MR) is 74.4 cm³/mol. The van der Waals surface area contributed by atoms with E-state index in [1.807, 2.05) is 0 Å². The highest BCUT2D eigenvalue weighted by atomic mass is 15.2. The van der Waals surface area contributed by atoms with Crippen molar-refractivity contribution in [2.24, 2.45) is 0 Å².